The summed E-state index contributed by atoms with van der Waals surface area (Å²) in [5.41, 5.74) is 0.513. The molecule has 3 nitrogen and oxygen atoms in total. The summed E-state index contributed by atoms with van der Waals surface area (Å²) in [6.07, 6.45) is 0. The molecule has 69 valence electrons. The molecule has 0 spiro atoms. The van der Waals surface area contributed by atoms with Gasteiger partial charge in [0.2, 0.25) is 0 Å². The molecule has 0 aliphatic rings. The van der Waals surface area contributed by atoms with Gasteiger partial charge in [-0.1, -0.05) is 0 Å². The summed E-state index contributed by atoms with van der Waals surface area (Å²) in [6.45, 7) is 3.91. The second-order valence-electron chi connectivity index (χ2n) is 2.36. The minimum atomic E-state index is -0.346. The SMILES string of the molecule is [CH2]COc1ccc(C(=O)OC)cc1. The van der Waals surface area contributed by atoms with Gasteiger partial charge in [0.05, 0.1) is 19.3 Å². The molecule has 0 heterocycles. The molecule has 1 radical (unpaired) electrons. The molecule has 1 rings (SSSR count). The Morgan fingerprint density at radius 3 is 2.46 bits per heavy atom. The first-order chi connectivity index (χ1) is 6.27. The predicted octanol–water partition coefficient (Wildman–Crippen LogP) is 1.69. The van der Waals surface area contributed by atoms with E-state index in [0.29, 0.717) is 17.9 Å². The Morgan fingerprint density at radius 2 is 2.00 bits per heavy atom. The van der Waals surface area contributed by atoms with Crippen LogP contribution in [0.15, 0.2) is 24.3 Å². The van der Waals surface area contributed by atoms with E-state index in [1.165, 1.54) is 7.11 Å². The summed E-state index contributed by atoms with van der Waals surface area (Å²) in [6, 6.07) is 6.71. The average molecular weight is 179 g/mol. The van der Waals surface area contributed by atoms with Crippen LogP contribution in [-0.4, -0.2) is 19.7 Å². The molecule has 0 atom stereocenters. The molecule has 0 N–H and O–H groups in total. The van der Waals surface area contributed by atoms with E-state index < -0.39 is 0 Å². The number of hydrogen-bond acceptors (Lipinski definition) is 3. The minimum absolute atomic E-state index is 0.346. The first-order valence-electron chi connectivity index (χ1n) is 3.88. The molecule has 0 saturated carbocycles. The maximum absolute atomic E-state index is 11.0. The summed E-state index contributed by atoms with van der Waals surface area (Å²) in [5.74, 6) is 0.351. The average Bonchev–Trinajstić information content (AvgIpc) is 2.18. The smallest absolute Gasteiger partial charge is 0.337 e. The van der Waals surface area contributed by atoms with Gasteiger partial charge in [-0.25, -0.2) is 4.79 Å². The molecule has 0 fully saturated rings. The lowest BCUT2D eigenvalue weighted by atomic mass is 10.2. The van der Waals surface area contributed by atoms with Crippen LogP contribution in [0.3, 0.4) is 0 Å². The standard InChI is InChI=1S/C10H11O3/c1-3-13-9-6-4-8(5-7-9)10(11)12-2/h4-7H,1,3H2,2H3. The highest BCUT2D eigenvalue weighted by atomic mass is 16.5. The van der Waals surface area contributed by atoms with E-state index in [1.807, 2.05) is 0 Å². The summed E-state index contributed by atoms with van der Waals surface area (Å²) >= 11 is 0. The van der Waals surface area contributed by atoms with Crippen LogP contribution < -0.4 is 4.74 Å². The van der Waals surface area contributed by atoms with E-state index in [1.54, 1.807) is 24.3 Å². The number of esters is 1. The van der Waals surface area contributed by atoms with Crippen LogP contribution in [0, 0.1) is 6.92 Å². The van der Waals surface area contributed by atoms with Crippen molar-refractivity contribution in [1.29, 1.82) is 0 Å². The monoisotopic (exact) mass is 179 g/mol. The first-order valence-corrected chi connectivity index (χ1v) is 3.88. The van der Waals surface area contributed by atoms with Crippen LogP contribution in [0.2, 0.25) is 0 Å². The zero-order chi connectivity index (χ0) is 9.68. The molecule has 0 saturated heterocycles. The lowest BCUT2D eigenvalue weighted by Crippen LogP contribution is -2.00. The summed E-state index contributed by atoms with van der Waals surface area (Å²) in [5, 5.41) is 0. The Hall–Kier alpha value is -1.51. The van der Waals surface area contributed by atoms with Gasteiger partial charge in [-0.05, 0) is 31.2 Å². The zero-order valence-corrected chi connectivity index (χ0v) is 7.45. The Bertz CT molecular complexity index is 277. The molecule has 0 aromatic heterocycles. The van der Waals surface area contributed by atoms with E-state index in [2.05, 4.69) is 11.7 Å². The lowest BCUT2D eigenvalue weighted by molar-refractivity contribution is 0.0600. The molecule has 3 heteroatoms. The molecule has 1 aromatic carbocycles. The van der Waals surface area contributed by atoms with Crippen LogP contribution in [0.4, 0.5) is 0 Å². The van der Waals surface area contributed by atoms with Crippen molar-refractivity contribution in [3.05, 3.63) is 36.8 Å². The number of hydrogen-bond donors (Lipinski definition) is 0. The highest BCUT2D eigenvalue weighted by Gasteiger charge is 2.03. The van der Waals surface area contributed by atoms with Gasteiger partial charge in [0.15, 0.2) is 0 Å². The van der Waals surface area contributed by atoms with Gasteiger partial charge in [0.1, 0.15) is 5.75 Å². The largest absolute Gasteiger partial charge is 0.494 e. The Balaban J connectivity index is 2.75. The van der Waals surface area contributed by atoms with Crippen LogP contribution in [-0.2, 0) is 4.74 Å². The van der Waals surface area contributed by atoms with Gasteiger partial charge in [0, 0.05) is 0 Å². The molecule has 0 aliphatic carbocycles. The van der Waals surface area contributed by atoms with Crippen LogP contribution in [0.25, 0.3) is 0 Å². The Labute approximate surface area is 77.3 Å². The van der Waals surface area contributed by atoms with Crippen LogP contribution >= 0.6 is 0 Å². The molecule has 1 aromatic rings. The van der Waals surface area contributed by atoms with Crippen LogP contribution in [0.5, 0.6) is 5.75 Å². The van der Waals surface area contributed by atoms with Gasteiger partial charge in [0.25, 0.3) is 0 Å². The minimum Gasteiger partial charge on any atom is -0.494 e. The van der Waals surface area contributed by atoms with E-state index in [4.69, 9.17) is 4.74 Å². The fourth-order valence-electron chi connectivity index (χ4n) is 0.923. The fourth-order valence-corrected chi connectivity index (χ4v) is 0.923. The van der Waals surface area contributed by atoms with Crippen molar-refractivity contribution in [2.45, 2.75) is 0 Å². The topological polar surface area (TPSA) is 35.5 Å². The quantitative estimate of drug-likeness (QED) is 0.662. The van der Waals surface area contributed by atoms with Crippen LogP contribution in [0.1, 0.15) is 10.4 Å². The number of carbonyl (C=O) groups is 1. The Morgan fingerprint density at radius 1 is 1.38 bits per heavy atom. The molecular formula is C10H11O3. The number of rotatable bonds is 3. The number of carbonyl (C=O) groups excluding carboxylic acids is 1. The summed E-state index contributed by atoms with van der Waals surface area (Å²) < 4.78 is 9.65. The maximum Gasteiger partial charge on any atom is 0.337 e. The maximum atomic E-state index is 11.0. The van der Waals surface area contributed by atoms with Gasteiger partial charge < -0.3 is 9.47 Å². The Kier molecular flexibility index (Phi) is 3.31. The van der Waals surface area contributed by atoms with E-state index in [-0.39, 0.29) is 5.97 Å². The van der Waals surface area contributed by atoms with Crippen molar-refractivity contribution in [3.8, 4) is 5.75 Å². The normalized spacial score (nSPS) is 9.38. The number of ether oxygens (including phenoxy) is 2. The molecule has 0 unspecified atom stereocenters. The van der Waals surface area contributed by atoms with Crippen molar-refractivity contribution in [3.63, 3.8) is 0 Å². The molecule has 0 aliphatic heterocycles. The second-order valence-corrected chi connectivity index (χ2v) is 2.36. The number of methoxy groups -OCH3 is 1. The number of benzene rings is 1. The molecule has 0 amide bonds. The highest BCUT2D eigenvalue weighted by molar-refractivity contribution is 5.89. The molecule has 13 heavy (non-hydrogen) atoms. The molecular weight excluding hydrogens is 168 g/mol. The third-order valence-electron chi connectivity index (χ3n) is 1.54. The fraction of sp³-hybridized carbons (Fsp3) is 0.200. The van der Waals surface area contributed by atoms with Gasteiger partial charge in [-0.3, -0.25) is 0 Å². The summed E-state index contributed by atoms with van der Waals surface area (Å²) in [4.78, 5) is 11.0. The van der Waals surface area contributed by atoms with E-state index >= 15 is 0 Å². The van der Waals surface area contributed by atoms with Crippen molar-refractivity contribution < 1.29 is 14.3 Å². The van der Waals surface area contributed by atoms with Crippen molar-refractivity contribution in [1.82, 2.24) is 0 Å². The summed E-state index contributed by atoms with van der Waals surface area (Å²) in [7, 11) is 1.35. The van der Waals surface area contributed by atoms with Crippen molar-refractivity contribution in [2.75, 3.05) is 13.7 Å². The van der Waals surface area contributed by atoms with Gasteiger partial charge in [-0.2, -0.15) is 0 Å². The van der Waals surface area contributed by atoms with Gasteiger partial charge in [-0.15, -0.1) is 0 Å². The first kappa shape index (κ1) is 9.58. The third-order valence-corrected chi connectivity index (χ3v) is 1.54. The van der Waals surface area contributed by atoms with Gasteiger partial charge >= 0.3 is 5.97 Å². The van der Waals surface area contributed by atoms with E-state index in [0.717, 1.165) is 0 Å². The predicted molar refractivity (Wildman–Crippen MR) is 48.6 cm³/mol. The van der Waals surface area contributed by atoms with Crippen molar-refractivity contribution in [2.24, 2.45) is 0 Å². The third kappa shape index (κ3) is 2.47. The zero-order valence-electron chi connectivity index (χ0n) is 7.45. The van der Waals surface area contributed by atoms with Crippen molar-refractivity contribution >= 4 is 5.97 Å². The van der Waals surface area contributed by atoms with E-state index in [9.17, 15) is 4.79 Å². The lowest BCUT2D eigenvalue weighted by Gasteiger charge is -2.03. The molecule has 0 bridgehead atoms. The second kappa shape index (κ2) is 4.50. The highest BCUT2D eigenvalue weighted by Crippen LogP contribution is 2.12.